The van der Waals surface area contributed by atoms with Gasteiger partial charge in [-0.05, 0) is 42.6 Å². The number of aryl methyl sites for hydroxylation is 1. The van der Waals surface area contributed by atoms with E-state index in [0.717, 1.165) is 25.3 Å². The minimum atomic E-state index is -0.0736. The molecule has 0 radical (unpaired) electrons. The summed E-state index contributed by atoms with van der Waals surface area (Å²) < 4.78 is 13.3. The fourth-order valence-corrected chi connectivity index (χ4v) is 5.85. The first-order valence-corrected chi connectivity index (χ1v) is 12.3. The molecular formula is C24H23N3O4S2. The van der Waals surface area contributed by atoms with Gasteiger partial charge >= 0.3 is 0 Å². The van der Waals surface area contributed by atoms with Crippen LogP contribution in [-0.2, 0) is 4.79 Å². The molecule has 0 saturated carbocycles. The highest BCUT2D eigenvalue weighted by atomic mass is 32.1. The quantitative estimate of drug-likeness (QED) is 0.427. The second-order valence-electron chi connectivity index (χ2n) is 7.81. The van der Waals surface area contributed by atoms with Gasteiger partial charge < -0.3 is 19.3 Å². The van der Waals surface area contributed by atoms with Crippen molar-refractivity contribution in [3.63, 3.8) is 0 Å². The molecule has 5 rings (SSSR count). The molecule has 0 N–H and O–H groups in total. The van der Waals surface area contributed by atoms with Crippen LogP contribution >= 0.6 is 22.7 Å². The van der Waals surface area contributed by atoms with Crippen molar-refractivity contribution in [3.05, 3.63) is 52.3 Å². The third-order valence-corrected chi connectivity index (χ3v) is 7.61. The zero-order valence-corrected chi connectivity index (χ0v) is 20.0. The molecule has 4 aromatic rings. The van der Waals surface area contributed by atoms with Gasteiger partial charge in [-0.1, -0.05) is 0 Å². The molecule has 9 heteroatoms. The minimum Gasteiger partial charge on any atom is -0.497 e. The van der Waals surface area contributed by atoms with Crippen molar-refractivity contribution in [1.29, 1.82) is 0 Å². The first-order valence-electron chi connectivity index (χ1n) is 10.6. The zero-order chi connectivity index (χ0) is 22.9. The maximum Gasteiger partial charge on any atom is 0.260 e. The van der Waals surface area contributed by atoms with Crippen LogP contribution in [0.5, 0.6) is 11.5 Å². The predicted molar refractivity (Wildman–Crippen MR) is 131 cm³/mol. The Balaban J connectivity index is 1.20. The number of hydrogen-bond donors (Lipinski definition) is 0. The van der Waals surface area contributed by atoms with Gasteiger partial charge in [0.05, 0.1) is 27.0 Å². The number of piperazine rings is 1. The summed E-state index contributed by atoms with van der Waals surface area (Å²) in [7, 11) is 1.60. The average molecular weight is 482 g/mol. The number of carbonyl (C=O) groups is 2. The number of nitrogens with zero attached hydrogens (tertiary/aromatic N) is 3. The molecule has 2 aromatic heterocycles. The van der Waals surface area contributed by atoms with E-state index in [1.54, 1.807) is 63.8 Å². The highest BCUT2D eigenvalue weighted by Gasteiger charge is 2.25. The summed E-state index contributed by atoms with van der Waals surface area (Å²) in [5.41, 5.74) is 1.62. The summed E-state index contributed by atoms with van der Waals surface area (Å²) in [6.45, 7) is 3.94. The predicted octanol–water partition coefficient (Wildman–Crippen LogP) is 4.19. The van der Waals surface area contributed by atoms with Crippen molar-refractivity contribution in [1.82, 2.24) is 14.8 Å². The molecule has 0 unspecified atom stereocenters. The lowest BCUT2D eigenvalue weighted by Crippen LogP contribution is -2.51. The second kappa shape index (κ2) is 8.99. The SMILES string of the molecule is COc1ccc(C(=O)N2CCN(C(=O)COc3cc4sc(C)nc4c4sccc34)CC2)cc1. The van der Waals surface area contributed by atoms with E-state index in [0.29, 0.717) is 43.2 Å². The number of amides is 2. The van der Waals surface area contributed by atoms with Crippen LogP contribution in [0.25, 0.3) is 20.3 Å². The van der Waals surface area contributed by atoms with Gasteiger partial charge in [-0.3, -0.25) is 9.59 Å². The van der Waals surface area contributed by atoms with Gasteiger partial charge in [0.15, 0.2) is 6.61 Å². The molecule has 1 aliphatic rings. The molecule has 7 nitrogen and oxygen atoms in total. The third kappa shape index (κ3) is 4.26. The number of methoxy groups -OCH3 is 1. The van der Waals surface area contributed by atoms with Crippen molar-refractivity contribution in [2.24, 2.45) is 0 Å². The van der Waals surface area contributed by atoms with Crippen LogP contribution in [0.2, 0.25) is 0 Å². The Morgan fingerprint density at radius 3 is 2.52 bits per heavy atom. The molecular weight excluding hydrogens is 458 g/mol. The standard InChI is InChI=1S/C24H23N3O4S2/c1-15-25-22-20(33-15)13-19(18-7-12-32-23(18)22)31-14-21(28)26-8-10-27(11-9-26)24(29)16-3-5-17(30-2)6-4-16/h3-7,12-13H,8-11,14H2,1-2H3. The summed E-state index contributed by atoms with van der Waals surface area (Å²) in [6.07, 6.45) is 0. The molecule has 1 saturated heterocycles. The van der Waals surface area contributed by atoms with Gasteiger partial charge in [-0.25, -0.2) is 4.98 Å². The van der Waals surface area contributed by atoms with Gasteiger partial charge in [0.2, 0.25) is 0 Å². The van der Waals surface area contributed by atoms with Gasteiger partial charge in [0.25, 0.3) is 11.8 Å². The number of hydrogen-bond acceptors (Lipinski definition) is 7. The lowest BCUT2D eigenvalue weighted by molar-refractivity contribution is -0.134. The Labute approximate surface area is 199 Å². The summed E-state index contributed by atoms with van der Waals surface area (Å²) in [6, 6.07) is 11.1. The fraction of sp³-hybridized carbons (Fsp3) is 0.292. The Kier molecular flexibility index (Phi) is 5.90. The molecule has 0 bridgehead atoms. The molecule has 1 fully saturated rings. The fourth-order valence-electron chi connectivity index (χ4n) is 4.01. The first-order chi connectivity index (χ1) is 16.0. The van der Waals surface area contributed by atoms with E-state index < -0.39 is 0 Å². The van der Waals surface area contributed by atoms with Crippen LogP contribution in [0.15, 0.2) is 41.8 Å². The Hall–Kier alpha value is -3.17. The molecule has 0 aliphatic carbocycles. The van der Waals surface area contributed by atoms with Crippen molar-refractivity contribution in [2.45, 2.75) is 6.92 Å². The van der Waals surface area contributed by atoms with Gasteiger partial charge in [0.1, 0.15) is 11.5 Å². The minimum absolute atomic E-state index is 0.0271. The van der Waals surface area contributed by atoms with Crippen LogP contribution in [0.1, 0.15) is 15.4 Å². The topological polar surface area (TPSA) is 72.0 Å². The number of thiazole rings is 1. The number of rotatable bonds is 5. The Morgan fingerprint density at radius 1 is 1.06 bits per heavy atom. The number of thiophene rings is 1. The smallest absolute Gasteiger partial charge is 0.260 e. The van der Waals surface area contributed by atoms with Crippen LogP contribution in [0, 0.1) is 6.92 Å². The van der Waals surface area contributed by atoms with E-state index in [1.807, 2.05) is 24.4 Å². The van der Waals surface area contributed by atoms with Gasteiger partial charge in [0, 0.05) is 43.2 Å². The maximum absolute atomic E-state index is 12.8. The molecule has 1 aliphatic heterocycles. The second-order valence-corrected chi connectivity index (χ2v) is 9.96. The molecule has 3 heterocycles. The van der Waals surface area contributed by atoms with Crippen molar-refractivity contribution >= 4 is 54.8 Å². The number of ether oxygens (including phenoxy) is 2. The number of aromatic nitrogens is 1. The number of fused-ring (bicyclic) bond motifs is 3. The van der Waals surface area contributed by atoms with Gasteiger partial charge in [-0.2, -0.15) is 0 Å². The number of benzene rings is 2. The van der Waals surface area contributed by atoms with E-state index in [4.69, 9.17) is 9.47 Å². The van der Waals surface area contributed by atoms with E-state index in [9.17, 15) is 9.59 Å². The molecule has 2 aromatic carbocycles. The monoisotopic (exact) mass is 481 g/mol. The average Bonchev–Trinajstić information content (AvgIpc) is 3.48. The Bertz CT molecular complexity index is 1320. The summed E-state index contributed by atoms with van der Waals surface area (Å²) in [5.74, 6) is 1.32. The van der Waals surface area contributed by atoms with Crippen LogP contribution < -0.4 is 9.47 Å². The third-order valence-electron chi connectivity index (χ3n) is 5.78. The highest BCUT2D eigenvalue weighted by Crippen LogP contribution is 2.38. The van der Waals surface area contributed by atoms with E-state index in [1.165, 1.54) is 0 Å². The van der Waals surface area contributed by atoms with Crippen molar-refractivity contribution in [3.8, 4) is 11.5 Å². The zero-order valence-electron chi connectivity index (χ0n) is 18.4. The molecule has 170 valence electrons. The summed E-state index contributed by atoms with van der Waals surface area (Å²) in [4.78, 5) is 33.7. The van der Waals surface area contributed by atoms with E-state index in [-0.39, 0.29) is 18.4 Å². The normalized spacial score (nSPS) is 14.1. The van der Waals surface area contributed by atoms with E-state index in [2.05, 4.69) is 4.98 Å². The largest absolute Gasteiger partial charge is 0.497 e. The first kappa shape index (κ1) is 21.7. The highest BCUT2D eigenvalue weighted by molar-refractivity contribution is 7.21. The van der Waals surface area contributed by atoms with Crippen LogP contribution in [0.3, 0.4) is 0 Å². The lowest BCUT2D eigenvalue weighted by Gasteiger charge is -2.34. The number of carbonyl (C=O) groups excluding carboxylic acids is 2. The Morgan fingerprint density at radius 2 is 1.79 bits per heavy atom. The molecule has 33 heavy (non-hydrogen) atoms. The summed E-state index contributed by atoms with van der Waals surface area (Å²) in [5, 5.41) is 4.02. The molecule has 2 amide bonds. The van der Waals surface area contributed by atoms with E-state index >= 15 is 0 Å². The lowest BCUT2D eigenvalue weighted by atomic mass is 10.1. The maximum atomic E-state index is 12.8. The van der Waals surface area contributed by atoms with Crippen molar-refractivity contribution in [2.75, 3.05) is 39.9 Å². The van der Waals surface area contributed by atoms with Gasteiger partial charge in [-0.15, -0.1) is 22.7 Å². The molecule has 0 spiro atoms. The summed E-state index contributed by atoms with van der Waals surface area (Å²) >= 11 is 3.26. The van der Waals surface area contributed by atoms with Crippen LogP contribution in [-0.4, -0.2) is 66.5 Å². The van der Waals surface area contributed by atoms with Crippen molar-refractivity contribution < 1.29 is 19.1 Å². The molecule has 0 atom stereocenters. The van der Waals surface area contributed by atoms with Crippen LogP contribution in [0.4, 0.5) is 0 Å².